The van der Waals surface area contributed by atoms with Crippen LogP contribution >= 0.6 is 23.4 Å². The highest BCUT2D eigenvalue weighted by atomic mass is 35.5. The number of benzene rings is 3. The van der Waals surface area contributed by atoms with E-state index in [2.05, 4.69) is 22.5 Å². The zero-order valence-electron chi connectivity index (χ0n) is 52.7. The lowest BCUT2D eigenvalue weighted by atomic mass is 9.83. The van der Waals surface area contributed by atoms with Crippen LogP contribution in [-0.4, -0.2) is 182 Å². The van der Waals surface area contributed by atoms with E-state index in [1.54, 1.807) is 37.9 Å². The first kappa shape index (κ1) is 69.5. The van der Waals surface area contributed by atoms with E-state index in [0.717, 1.165) is 50.1 Å². The van der Waals surface area contributed by atoms with Crippen molar-refractivity contribution < 1.29 is 76.7 Å². The fourth-order valence-electron chi connectivity index (χ4n) is 11.6. The molecule has 3 aromatic rings. The highest BCUT2D eigenvalue weighted by Crippen LogP contribution is 2.49. The number of nitrogens with zero attached hydrogens (tertiary/aromatic N) is 4. The zero-order chi connectivity index (χ0) is 65.7. The van der Waals surface area contributed by atoms with E-state index in [1.165, 1.54) is 30.9 Å². The van der Waals surface area contributed by atoms with E-state index < -0.39 is 88.6 Å². The van der Waals surface area contributed by atoms with Crippen LogP contribution in [0.25, 0.3) is 0 Å². The number of ketones is 1. The van der Waals surface area contributed by atoms with Crippen molar-refractivity contribution in [3.8, 4) is 11.8 Å². The van der Waals surface area contributed by atoms with Crippen LogP contribution in [0.15, 0.2) is 84.5 Å². The van der Waals surface area contributed by atoms with Crippen molar-refractivity contribution in [3.05, 3.63) is 117 Å². The zero-order valence-corrected chi connectivity index (χ0v) is 54.3. The maximum atomic E-state index is 14.4. The molecular formula is C67H81ClN6O16S. The summed E-state index contributed by atoms with van der Waals surface area (Å²) in [4.78, 5) is 126. The van der Waals surface area contributed by atoms with E-state index in [-0.39, 0.29) is 108 Å². The average Bonchev–Trinajstić information content (AvgIpc) is 1.58. The number of aliphatic hydroxyl groups is 1. The first-order chi connectivity index (χ1) is 43.4. The van der Waals surface area contributed by atoms with Crippen LogP contribution in [0.3, 0.4) is 0 Å². The molecule has 0 aromatic heterocycles. The summed E-state index contributed by atoms with van der Waals surface area (Å²) < 4.78 is 34.9. The third kappa shape index (κ3) is 17.6. The number of likely N-dealkylation sites (tertiary alicyclic amines) is 1. The van der Waals surface area contributed by atoms with Gasteiger partial charge in [-0.2, -0.15) is 0 Å². The minimum Gasteiger partial charge on any atom is -0.457 e. The molecule has 3 N–H and O–H groups in total. The maximum absolute atomic E-state index is 14.4. The highest BCUT2D eigenvalue weighted by Gasteiger charge is 2.64. The minimum atomic E-state index is -1.88. The molecule has 9 atom stereocenters. The summed E-state index contributed by atoms with van der Waals surface area (Å²) in [5.41, 5.74) is 3.01. The van der Waals surface area contributed by atoms with Gasteiger partial charge in [-0.15, -0.1) is 11.8 Å². The van der Waals surface area contributed by atoms with E-state index in [0.29, 0.717) is 35.8 Å². The van der Waals surface area contributed by atoms with E-state index in [4.69, 9.17) is 40.0 Å². The number of para-hydroxylation sites is 1. The number of fused-ring (bicyclic) bond motifs is 7. The molecule has 5 aliphatic rings. The average molecular weight is 1290 g/mol. The van der Waals surface area contributed by atoms with Gasteiger partial charge in [0.05, 0.1) is 53.9 Å². The van der Waals surface area contributed by atoms with Crippen LogP contribution < -0.4 is 20.4 Å². The van der Waals surface area contributed by atoms with Gasteiger partial charge in [0.2, 0.25) is 35.4 Å². The molecule has 0 saturated carbocycles. The Morgan fingerprint density at radius 2 is 1.66 bits per heavy atom. The number of rotatable bonds is 23. The molecule has 7 amide bonds. The molecular weight excluding hydrogens is 1210 g/mol. The maximum Gasteiger partial charge on any atom is 0.409 e. The number of epoxide rings is 1. The molecule has 22 nitrogen and oxygen atoms in total. The molecule has 5 heterocycles. The molecule has 5 aliphatic heterocycles. The Labute approximate surface area is 540 Å². The molecule has 3 fully saturated rings. The molecule has 0 radical (unpaired) electrons. The first-order valence-corrected chi connectivity index (χ1v) is 32.0. The topological polar surface area (TPSA) is 270 Å². The molecule has 488 valence electrons. The summed E-state index contributed by atoms with van der Waals surface area (Å²) in [6.07, 6.45) is 0.884. The highest BCUT2D eigenvalue weighted by molar-refractivity contribution is 8.00. The van der Waals surface area contributed by atoms with Crippen LogP contribution in [0.4, 0.5) is 16.2 Å². The number of imide groups is 1. The second kappa shape index (κ2) is 31.3. The molecule has 8 rings (SSSR count). The number of allylic oxidation sites excluding steroid dienone is 3. The molecule has 2 unspecified atom stereocenters. The van der Waals surface area contributed by atoms with Crippen molar-refractivity contribution in [2.45, 2.75) is 146 Å². The minimum absolute atomic E-state index is 0.0362. The van der Waals surface area contributed by atoms with Gasteiger partial charge in [0.15, 0.2) is 5.72 Å². The SMILES string of the molecule is CO[C@@H]1/C=C/C=C(\C)Cc2cc(C)c(Cl)c(c2)N(C)C(=O)CC(OC(=O)[C@H](C)N(C)C(=O)CCSC2CC(=O)N(CCC(=O)CCCOCCOCC(=O)NCCC(=O)N3Cc4ccccc4C#Cc4ccccc43)C2=O)[C@]2(C)O[C@H]2[C@H](C)[C@@H]2C[C@@]1(O)NC(=O)O2. The van der Waals surface area contributed by atoms with Crippen molar-refractivity contribution in [1.29, 1.82) is 0 Å². The summed E-state index contributed by atoms with van der Waals surface area (Å²) in [6.45, 7) is 9.40. The lowest BCUT2D eigenvalue weighted by Crippen LogP contribution is -2.63. The van der Waals surface area contributed by atoms with Gasteiger partial charge in [-0.3, -0.25) is 43.8 Å². The quantitative estimate of drug-likeness (QED) is 0.0309. The number of carbonyl (C=O) groups excluding carboxylic acids is 9. The molecule has 0 spiro atoms. The number of methoxy groups -OCH3 is 1. The number of aryl methyl sites for hydroxylation is 1. The Bertz CT molecular complexity index is 3390. The Hall–Kier alpha value is -7.43. The summed E-state index contributed by atoms with van der Waals surface area (Å²) in [5.74, 6) is 2.58. The summed E-state index contributed by atoms with van der Waals surface area (Å²) in [5, 5.41) is 16.7. The normalized spacial score (nSPS) is 25.1. The van der Waals surface area contributed by atoms with Gasteiger partial charge < -0.3 is 53.5 Å². The van der Waals surface area contributed by atoms with E-state index in [1.807, 2.05) is 80.6 Å². The van der Waals surface area contributed by atoms with Gasteiger partial charge in [0.25, 0.3) is 0 Å². The fourth-order valence-corrected chi connectivity index (χ4v) is 12.9. The standard InChI is InChI=1S/C67H81ClN6O16S/c1-41-15-13-21-54(85-8)67(84)38-52(88-65(83)70-67)43(3)62-66(5,90-62)55(37-59(79)72(7)51-35-45(33-41)34-42(2)61(51)68)89-64(82)44(4)71(6)57(77)26-32-91-53-36-60(80)73(63(53)81)28-25-49(75)19-14-29-86-30-31-87-40-56(76)69-27-24-58(78)74-39-48-18-10-9-16-46(48)22-23-47-17-11-12-20-50(47)74/h9-13,15-18,20-21,34-35,43-44,52-55,62,84H,14,19,24-33,36-40H2,1-8H3,(H,69,76)(H,70,83)/b21-13+,41-15+/t43-,44+,52+,53?,54-,55?,62+,66+,67+/m1/s1. The predicted octanol–water partition coefficient (Wildman–Crippen LogP) is 6.29. The number of halogens is 1. The Morgan fingerprint density at radius 1 is 0.934 bits per heavy atom. The van der Waals surface area contributed by atoms with Gasteiger partial charge in [-0.05, 0) is 81.5 Å². The summed E-state index contributed by atoms with van der Waals surface area (Å²) >= 11 is 7.97. The Balaban J connectivity index is 0.745. The van der Waals surface area contributed by atoms with Gasteiger partial charge in [0, 0.05) is 102 Å². The smallest absolute Gasteiger partial charge is 0.409 e. The fraction of sp³-hybridized carbons (Fsp3) is 0.507. The molecule has 91 heavy (non-hydrogen) atoms. The van der Waals surface area contributed by atoms with Crippen molar-refractivity contribution in [1.82, 2.24) is 20.4 Å². The van der Waals surface area contributed by atoms with Gasteiger partial charge in [-0.25, -0.2) is 9.59 Å². The van der Waals surface area contributed by atoms with Crippen molar-refractivity contribution >= 4 is 88.0 Å². The Morgan fingerprint density at radius 3 is 2.43 bits per heavy atom. The lowest BCUT2D eigenvalue weighted by Gasteiger charge is -2.42. The van der Waals surface area contributed by atoms with Crippen LogP contribution in [0.1, 0.15) is 107 Å². The largest absolute Gasteiger partial charge is 0.457 e. The van der Waals surface area contributed by atoms with Crippen LogP contribution in [0.5, 0.6) is 0 Å². The number of hydrogen-bond acceptors (Lipinski definition) is 17. The molecule has 4 bridgehead atoms. The molecule has 24 heteroatoms. The number of thioether (sulfide) groups is 1. The van der Waals surface area contributed by atoms with Crippen LogP contribution in [0.2, 0.25) is 5.02 Å². The van der Waals surface area contributed by atoms with Gasteiger partial charge in [-0.1, -0.05) is 90.6 Å². The summed E-state index contributed by atoms with van der Waals surface area (Å²) in [6, 6.07) is 17.7. The second-order valence-electron chi connectivity index (χ2n) is 23.8. The number of carbonyl (C=O) groups is 9. The number of alkyl carbamates (subject to hydrolysis) is 1. The number of ether oxygens (including phenoxy) is 6. The third-order valence-corrected chi connectivity index (χ3v) is 18.9. The molecule has 3 saturated heterocycles. The molecule has 0 aliphatic carbocycles. The van der Waals surface area contributed by atoms with Gasteiger partial charge >= 0.3 is 12.1 Å². The predicted molar refractivity (Wildman–Crippen MR) is 340 cm³/mol. The van der Waals surface area contributed by atoms with Gasteiger partial charge in [0.1, 0.15) is 42.3 Å². The van der Waals surface area contributed by atoms with E-state index in [9.17, 15) is 48.3 Å². The number of nitrogens with one attached hydrogen (secondary N) is 2. The number of esters is 1. The third-order valence-electron chi connectivity index (χ3n) is 17.2. The lowest BCUT2D eigenvalue weighted by molar-refractivity contribution is -0.162. The number of likely N-dealkylation sites (N-methyl/N-ethyl adjacent to an activating group) is 1. The number of anilines is 2. The van der Waals surface area contributed by atoms with Crippen molar-refractivity contribution in [2.75, 3.05) is 76.3 Å². The van der Waals surface area contributed by atoms with Crippen molar-refractivity contribution in [3.63, 3.8) is 0 Å². The monoisotopic (exact) mass is 1290 g/mol. The first-order valence-electron chi connectivity index (χ1n) is 30.6. The van der Waals surface area contributed by atoms with E-state index >= 15 is 0 Å². The number of amides is 7. The van der Waals surface area contributed by atoms with Crippen LogP contribution in [-0.2, 0) is 79.7 Å². The summed E-state index contributed by atoms with van der Waals surface area (Å²) in [7, 11) is 4.43. The number of hydrogen-bond donors (Lipinski definition) is 3. The number of Topliss-reactive ketones (excluding diaryl/α,β-unsaturated/α-hetero) is 1. The van der Waals surface area contributed by atoms with Crippen LogP contribution in [0, 0.1) is 24.7 Å². The van der Waals surface area contributed by atoms with Crippen molar-refractivity contribution in [2.24, 2.45) is 5.92 Å². The Kier molecular flexibility index (Phi) is 23.9. The second-order valence-corrected chi connectivity index (χ2v) is 25.5. The molecule has 3 aromatic carbocycles.